The van der Waals surface area contributed by atoms with Gasteiger partial charge in [-0.2, -0.15) is 0 Å². The van der Waals surface area contributed by atoms with Crippen LogP contribution in [0.2, 0.25) is 0 Å². The van der Waals surface area contributed by atoms with Crippen LogP contribution in [0, 0.1) is 6.92 Å². The standard InChI is InChI=1S/C14H18N2/c1-9(2)11-4-5-14-13(7-11)12(8-15)6-10(3)16-14/h4-7,9H,8,15H2,1-3H3. The summed E-state index contributed by atoms with van der Waals surface area (Å²) >= 11 is 0. The Morgan fingerprint density at radius 3 is 2.62 bits per heavy atom. The highest BCUT2D eigenvalue weighted by atomic mass is 14.7. The molecule has 2 nitrogen and oxygen atoms in total. The molecule has 0 unspecified atom stereocenters. The van der Waals surface area contributed by atoms with E-state index in [1.165, 1.54) is 16.5 Å². The maximum Gasteiger partial charge on any atom is 0.0708 e. The molecule has 0 spiro atoms. The number of benzene rings is 1. The minimum Gasteiger partial charge on any atom is -0.326 e. The van der Waals surface area contributed by atoms with E-state index in [4.69, 9.17) is 5.73 Å². The summed E-state index contributed by atoms with van der Waals surface area (Å²) in [5, 5.41) is 1.19. The Hall–Kier alpha value is -1.41. The Morgan fingerprint density at radius 1 is 1.25 bits per heavy atom. The van der Waals surface area contributed by atoms with Crippen molar-refractivity contribution in [3.8, 4) is 0 Å². The summed E-state index contributed by atoms with van der Waals surface area (Å²) in [6.07, 6.45) is 0. The van der Waals surface area contributed by atoms with Gasteiger partial charge in [0.15, 0.2) is 0 Å². The Kier molecular flexibility index (Phi) is 2.92. The van der Waals surface area contributed by atoms with Crippen molar-refractivity contribution in [2.45, 2.75) is 33.2 Å². The van der Waals surface area contributed by atoms with Crippen LogP contribution in [0.15, 0.2) is 24.3 Å². The first kappa shape index (κ1) is 11.1. The molecule has 2 rings (SSSR count). The van der Waals surface area contributed by atoms with E-state index < -0.39 is 0 Å². The van der Waals surface area contributed by atoms with E-state index in [0.717, 1.165) is 11.2 Å². The third-order valence-corrected chi connectivity index (χ3v) is 2.93. The lowest BCUT2D eigenvalue weighted by molar-refractivity contribution is 0.868. The minimum atomic E-state index is 0.538. The van der Waals surface area contributed by atoms with Gasteiger partial charge in [-0.05, 0) is 42.2 Å². The van der Waals surface area contributed by atoms with Gasteiger partial charge >= 0.3 is 0 Å². The summed E-state index contributed by atoms with van der Waals surface area (Å²) in [5.41, 5.74) is 10.4. The van der Waals surface area contributed by atoms with Gasteiger partial charge in [-0.25, -0.2) is 0 Å². The zero-order chi connectivity index (χ0) is 11.7. The zero-order valence-electron chi connectivity index (χ0n) is 10.1. The molecule has 2 aromatic rings. The van der Waals surface area contributed by atoms with Crippen LogP contribution in [0.4, 0.5) is 0 Å². The smallest absolute Gasteiger partial charge is 0.0708 e. The molecular formula is C14H18N2. The number of rotatable bonds is 2. The van der Waals surface area contributed by atoms with Crippen LogP contribution in [0.5, 0.6) is 0 Å². The molecule has 0 atom stereocenters. The molecule has 0 aliphatic heterocycles. The lowest BCUT2D eigenvalue weighted by atomic mass is 9.98. The lowest BCUT2D eigenvalue weighted by Crippen LogP contribution is -2.00. The molecule has 0 saturated heterocycles. The molecule has 0 amide bonds. The van der Waals surface area contributed by atoms with E-state index >= 15 is 0 Å². The molecule has 1 aromatic heterocycles. The van der Waals surface area contributed by atoms with Crippen molar-refractivity contribution in [3.63, 3.8) is 0 Å². The van der Waals surface area contributed by atoms with Crippen molar-refractivity contribution in [2.75, 3.05) is 0 Å². The molecule has 1 heterocycles. The van der Waals surface area contributed by atoms with Crippen LogP contribution in [0.25, 0.3) is 10.9 Å². The van der Waals surface area contributed by atoms with Crippen molar-refractivity contribution in [3.05, 3.63) is 41.1 Å². The van der Waals surface area contributed by atoms with E-state index in [1.54, 1.807) is 0 Å². The second kappa shape index (κ2) is 4.22. The number of nitrogens with zero attached hydrogens (tertiary/aromatic N) is 1. The summed E-state index contributed by atoms with van der Waals surface area (Å²) < 4.78 is 0. The van der Waals surface area contributed by atoms with Gasteiger partial charge in [-0.15, -0.1) is 0 Å². The van der Waals surface area contributed by atoms with Crippen LogP contribution in [0.3, 0.4) is 0 Å². The fourth-order valence-corrected chi connectivity index (χ4v) is 1.99. The SMILES string of the molecule is Cc1cc(CN)c2cc(C(C)C)ccc2n1. The second-order valence-electron chi connectivity index (χ2n) is 4.56. The Bertz CT molecular complexity index is 515. The quantitative estimate of drug-likeness (QED) is 0.834. The van der Waals surface area contributed by atoms with Crippen molar-refractivity contribution < 1.29 is 0 Å². The van der Waals surface area contributed by atoms with Crippen molar-refractivity contribution in [1.29, 1.82) is 0 Å². The van der Waals surface area contributed by atoms with Crippen molar-refractivity contribution in [1.82, 2.24) is 4.98 Å². The molecule has 84 valence electrons. The highest BCUT2D eigenvalue weighted by molar-refractivity contribution is 5.83. The van der Waals surface area contributed by atoms with E-state index in [-0.39, 0.29) is 0 Å². The highest BCUT2D eigenvalue weighted by Crippen LogP contribution is 2.23. The highest BCUT2D eigenvalue weighted by Gasteiger charge is 2.05. The molecule has 0 fully saturated rings. The van der Waals surface area contributed by atoms with Gasteiger partial charge < -0.3 is 5.73 Å². The van der Waals surface area contributed by atoms with Gasteiger partial charge in [0, 0.05) is 17.6 Å². The monoisotopic (exact) mass is 214 g/mol. The predicted molar refractivity (Wildman–Crippen MR) is 68.5 cm³/mol. The Balaban J connectivity index is 2.71. The fourth-order valence-electron chi connectivity index (χ4n) is 1.99. The molecule has 2 heteroatoms. The zero-order valence-corrected chi connectivity index (χ0v) is 10.1. The number of aromatic nitrogens is 1. The largest absolute Gasteiger partial charge is 0.326 e. The lowest BCUT2D eigenvalue weighted by Gasteiger charge is -2.10. The first-order valence-electron chi connectivity index (χ1n) is 5.72. The number of aryl methyl sites for hydroxylation is 1. The molecule has 0 radical (unpaired) electrons. The molecule has 2 N–H and O–H groups in total. The molecule has 0 aliphatic rings. The van der Waals surface area contributed by atoms with Gasteiger partial charge in [-0.3, -0.25) is 4.98 Å². The first-order valence-corrected chi connectivity index (χ1v) is 5.72. The maximum absolute atomic E-state index is 5.78. The molecular weight excluding hydrogens is 196 g/mol. The normalized spacial score (nSPS) is 11.3. The van der Waals surface area contributed by atoms with Gasteiger partial charge in [0.1, 0.15) is 0 Å². The van der Waals surface area contributed by atoms with E-state index in [9.17, 15) is 0 Å². The van der Waals surface area contributed by atoms with Crippen LogP contribution >= 0.6 is 0 Å². The van der Waals surface area contributed by atoms with E-state index in [2.05, 4.69) is 43.1 Å². The number of pyridine rings is 1. The fraction of sp³-hybridized carbons (Fsp3) is 0.357. The summed E-state index contributed by atoms with van der Waals surface area (Å²) in [5.74, 6) is 0.538. The Labute approximate surface area is 96.5 Å². The predicted octanol–water partition coefficient (Wildman–Crippen LogP) is 3.13. The van der Waals surface area contributed by atoms with Crippen LogP contribution in [-0.2, 0) is 6.54 Å². The van der Waals surface area contributed by atoms with Gasteiger partial charge in [-0.1, -0.05) is 19.9 Å². The van der Waals surface area contributed by atoms with Gasteiger partial charge in [0.25, 0.3) is 0 Å². The third-order valence-electron chi connectivity index (χ3n) is 2.93. The van der Waals surface area contributed by atoms with Crippen LogP contribution in [0.1, 0.15) is 36.6 Å². The molecule has 1 aromatic carbocycles. The van der Waals surface area contributed by atoms with Crippen molar-refractivity contribution in [2.24, 2.45) is 5.73 Å². The average Bonchev–Trinajstić information content (AvgIpc) is 2.27. The molecule has 0 aliphatic carbocycles. The number of nitrogens with two attached hydrogens (primary N) is 1. The molecule has 0 bridgehead atoms. The second-order valence-corrected chi connectivity index (χ2v) is 4.56. The van der Waals surface area contributed by atoms with Crippen LogP contribution in [-0.4, -0.2) is 4.98 Å². The summed E-state index contributed by atoms with van der Waals surface area (Å²) in [6, 6.07) is 8.54. The van der Waals surface area contributed by atoms with Gasteiger partial charge in [0.05, 0.1) is 5.52 Å². The maximum atomic E-state index is 5.78. The summed E-state index contributed by atoms with van der Waals surface area (Å²) in [4.78, 5) is 4.53. The first-order chi connectivity index (χ1) is 7.61. The number of fused-ring (bicyclic) bond motifs is 1. The van der Waals surface area contributed by atoms with Crippen LogP contribution < -0.4 is 5.73 Å². The third kappa shape index (κ3) is 1.93. The van der Waals surface area contributed by atoms with E-state index in [1.807, 2.05) is 6.92 Å². The summed E-state index contributed by atoms with van der Waals surface area (Å²) in [6.45, 7) is 6.98. The Morgan fingerprint density at radius 2 is 2.00 bits per heavy atom. The average molecular weight is 214 g/mol. The van der Waals surface area contributed by atoms with Crippen molar-refractivity contribution >= 4 is 10.9 Å². The number of hydrogen-bond donors (Lipinski definition) is 1. The minimum absolute atomic E-state index is 0.538. The molecule has 16 heavy (non-hydrogen) atoms. The number of hydrogen-bond acceptors (Lipinski definition) is 2. The molecule has 0 saturated carbocycles. The van der Waals surface area contributed by atoms with E-state index in [0.29, 0.717) is 12.5 Å². The van der Waals surface area contributed by atoms with Gasteiger partial charge in [0.2, 0.25) is 0 Å². The topological polar surface area (TPSA) is 38.9 Å². The summed E-state index contributed by atoms with van der Waals surface area (Å²) in [7, 11) is 0.